The Morgan fingerprint density at radius 2 is 1.77 bits per heavy atom. The first kappa shape index (κ1) is 18.8. The maximum absolute atomic E-state index is 11.7. The van der Waals surface area contributed by atoms with Gasteiger partial charge in [0.2, 0.25) is 0 Å². The fraction of sp³-hybridized carbons (Fsp3) is 0.158. The van der Waals surface area contributed by atoms with Crippen molar-refractivity contribution in [2.45, 2.75) is 19.8 Å². The van der Waals surface area contributed by atoms with Crippen LogP contribution in [0.4, 0.5) is 0 Å². The van der Waals surface area contributed by atoms with Crippen LogP contribution >= 0.6 is 35.0 Å². The molecule has 1 atom stereocenters. The average molecular weight is 410 g/mol. The highest BCUT2D eigenvalue weighted by atomic mass is 35.5. The van der Waals surface area contributed by atoms with Crippen molar-refractivity contribution < 1.29 is 9.90 Å². The van der Waals surface area contributed by atoms with E-state index in [1.165, 1.54) is 0 Å². The first-order chi connectivity index (χ1) is 12.3. The van der Waals surface area contributed by atoms with Crippen molar-refractivity contribution in [2.75, 3.05) is 0 Å². The number of carboxylic acids is 1. The number of aromatic carboxylic acids is 1. The van der Waals surface area contributed by atoms with Gasteiger partial charge < -0.3 is 5.11 Å². The molecule has 3 rings (SSSR count). The number of hydrogen-bond acceptors (Lipinski definition) is 2. The highest BCUT2D eigenvalue weighted by Gasteiger charge is 2.28. The molecule has 0 radical (unpaired) electrons. The van der Waals surface area contributed by atoms with Crippen molar-refractivity contribution in [3.8, 4) is 11.3 Å². The zero-order valence-corrected chi connectivity index (χ0v) is 16.3. The van der Waals surface area contributed by atoms with Crippen molar-refractivity contribution in [2.24, 2.45) is 0 Å². The van der Waals surface area contributed by atoms with Crippen LogP contribution in [0.2, 0.25) is 10.0 Å². The van der Waals surface area contributed by atoms with E-state index in [1.807, 2.05) is 44.2 Å². The molecule has 7 heteroatoms. The first-order valence-electron chi connectivity index (χ1n) is 7.84. The van der Waals surface area contributed by atoms with Crippen LogP contribution in [0.25, 0.3) is 11.3 Å². The van der Waals surface area contributed by atoms with Gasteiger partial charge in [-0.05, 0) is 24.6 Å². The molecule has 0 aliphatic carbocycles. The third-order valence-corrected chi connectivity index (χ3v) is 5.27. The molecule has 0 amide bonds. The Balaban J connectivity index is 2.22. The zero-order valence-electron chi connectivity index (χ0n) is 14.0. The third kappa shape index (κ3) is 3.45. The van der Waals surface area contributed by atoms with Crippen LogP contribution in [0.3, 0.4) is 0 Å². The summed E-state index contributed by atoms with van der Waals surface area (Å²) in [6.45, 7) is 3.86. The molecule has 2 aromatic carbocycles. The van der Waals surface area contributed by atoms with Crippen LogP contribution in [-0.2, 0) is 0 Å². The van der Waals surface area contributed by atoms with Gasteiger partial charge in [-0.15, -0.1) is 5.10 Å². The molecule has 1 unspecified atom stereocenters. The molecule has 0 bridgehead atoms. The lowest BCUT2D eigenvalue weighted by Gasteiger charge is -2.15. The summed E-state index contributed by atoms with van der Waals surface area (Å²) in [5, 5.41) is 14.5. The number of hydrogen-bond donors (Lipinski definition) is 1. The predicted octanol–water partition coefficient (Wildman–Crippen LogP) is 6.02. The van der Waals surface area contributed by atoms with Gasteiger partial charge in [0, 0.05) is 28.8 Å². The van der Waals surface area contributed by atoms with E-state index >= 15 is 0 Å². The fourth-order valence-corrected chi connectivity index (χ4v) is 3.46. The molecule has 0 spiro atoms. The summed E-state index contributed by atoms with van der Waals surface area (Å²) in [6.07, 6.45) is 0. The van der Waals surface area contributed by atoms with Crippen molar-refractivity contribution in [3.63, 3.8) is 0 Å². The number of aromatic nitrogens is 2. The van der Waals surface area contributed by atoms with Gasteiger partial charge in [-0.3, -0.25) is 0 Å². The van der Waals surface area contributed by atoms with Gasteiger partial charge >= 0.3 is 5.97 Å². The Bertz CT molecular complexity index is 981. The van der Waals surface area contributed by atoms with E-state index in [2.05, 4.69) is 5.10 Å². The predicted molar refractivity (Wildman–Crippen MR) is 105 cm³/mol. The Morgan fingerprint density at radius 1 is 1.12 bits per heavy atom. The lowest BCUT2D eigenvalue weighted by molar-refractivity contribution is 0.0688. The number of benzene rings is 2. The standard InChI is InChI=1S/C19H15Cl3N2O2/c1-10-3-5-12(6-4-10)18-16(17(19(25)26)23-24(18)22)11(2)13-7-8-14(20)15(21)9-13/h3-9,11H,1-2H3,(H,25,26). The molecular formula is C19H15Cl3N2O2. The van der Waals surface area contributed by atoms with Gasteiger partial charge in [0.05, 0.1) is 15.7 Å². The Kier molecular flexibility index (Phi) is 5.28. The SMILES string of the molecule is Cc1ccc(-c2c(C(C)c3ccc(Cl)c(Cl)c3)c(C(=O)O)nn2Cl)cc1. The number of carboxylic acid groups (broad SMARTS) is 1. The number of aryl methyl sites for hydroxylation is 1. The average Bonchev–Trinajstić information content (AvgIpc) is 2.95. The number of carbonyl (C=O) groups is 1. The van der Waals surface area contributed by atoms with Gasteiger partial charge in [0.1, 0.15) is 0 Å². The maximum Gasteiger partial charge on any atom is 0.356 e. The van der Waals surface area contributed by atoms with E-state index in [1.54, 1.807) is 12.1 Å². The normalized spacial score (nSPS) is 12.2. The van der Waals surface area contributed by atoms with E-state index in [4.69, 9.17) is 35.0 Å². The topological polar surface area (TPSA) is 55.1 Å². The molecule has 1 heterocycles. The molecule has 0 aliphatic heterocycles. The number of rotatable bonds is 4. The second-order valence-electron chi connectivity index (χ2n) is 6.04. The van der Waals surface area contributed by atoms with Crippen LogP contribution in [0.1, 0.15) is 40.0 Å². The van der Waals surface area contributed by atoms with Gasteiger partial charge in [-0.1, -0.05) is 66.0 Å². The van der Waals surface area contributed by atoms with Crippen LogP contribution in [0, 0.1) is 6.92 Å². The minimum atomic E-state index is -1.14. The van der Waals surface area contributed by atoms with Crippen molar-refractivity contribution >= 4 is 40.9 Å². The molecule has 134 valence electrons. The minimum Gasteiger partial charge on any atom is -0.476 e. The highest BCUT2D eigenvalue weighted by molar-refractivity contribution is 6.42. The summed E-state index contributed by atoms with van der Waals surface area (Å²) < 4.78 is 1.09. The zero-order chi connectivity index (χ0) is 19.0. The largest absolute Gasteiger partial charge is 0.476 e. The Labute approximate surface area is 166 Å². The summed E-state index contributed by atoms with van der Waals surface area (Å²) >= 11 is 18.4. The molecule has 0 aliphatic rings. The van der Waals surface area contributed by atoms with E-state index in [0.29, 0.717) is 21.3 Å². The summed E-state index contributed by atoms with van der Waals surface area (Å²) in [5.41, 5.74) is 3.67. The number of halogens is 3. The molecule has 3 aromatic rings. The van der Waals surface area contributed by atoms with Gasteiger partial charge in [0.25, 0.3) is 0 Å². The van der Waals surface area contributed by atoms with E-state index < -0.39 is 5.97 Å². The molecule has 4 nitrogen and oxygen atoms in total. The van der Waals surface area contributed by atoms with Crippen LogP contribution in [0.15, 0.2) is 42.5 Å². The van der Waals surface area contributed by atoms with E-state index in [0.717, 1.165) is 20.9 Å². The monoisotopic (exact) mass is 408 g/mol. The lowest BCUT2D eigenvalue weighted by atomic mass is 9.89. The van der Waals surface area contributed by atoms with Crippen LogP contribution < -0.4 is 0 Å². The molecule has 0 fully saturated rings. The smallest absolute Gasteiger partial charge is 0.356 e. The first-order valence-corrected chi connectivity index (χ1v) is 8.93. The Hall–Kier alpha value is -2.01. The van der Waals surface area contributed by atoms with Crippen LogP contribution in [-0.4, -0.2) is 20.4 Å². The van der Waals surface area contributed by atoms with Gasteiger partial charge in [0.15, 0.2) is 5.69 Å². The quantitative estimate of drug-likeness (QED) is 0.573. The second kappa shape index (κ2) is 7.31. The Morgan fingerprint density at radius 3 is 2.35 bits per heavy atom. The summed E-state index contributed by atoms with van der Waals surface area (Å²) in [4.78, 5) is 11.7. The van der Waals surface area contributed by atoms with Crippen LogP contribution in [0.5, 0.6) is 0 Å². The molecule has 0 saturated carbocycles. The molecule has 1 N–H and O–H groups in total. The minimum absolute atomic E-state index is 0.0888. The molecule has 0 saturated heterocycles. The van der Waals surface area contributed by atoms with Crippen molar-refractivity contribution in [1.82, 2.24) is 9.30 Å². The third-order valence-electron chi connectivity index (χ3n) is 4.29. The van der Waals surface area contributed by atoms with Crippen molar-refractivity contribution in [3.05, 3.63) is 74.9 Å². The van der Waals surface area contributed by atoms with E-state index in [-0.39, 0.29) is 11.6 Å². The van der Waals surface area contributed by atoms with Gasteiger partial charge in [-0.2, -0.15) is 4.20 Å². The van der Waals surface area contributed by atoms with Gasteiger partial charge in [-0.25, -0.2) is 4.79 Å². The molecule has 1 aromatic heterocycles. The maximum atomic E-state index is 11.7. The lowest BCUT2D eigenvalue weighted by Crippen LogP contribution is -2.06. The summed E-state index contributed by atoms with van der Waals surface area (Å²) in [6, 6.07) is 12.9. The molecule has 26 heavy (non-hydrogen) atoms. The summed E-state index contributed by atoms with van der Waals surface area (Å²) in [5.74, 6) is -1.45. The number of nitrogens with zero attached hydrogens (tertiary/aromatic N) is 2. The highest BCUT2D eigenvalue weighted by Crippen LogP contribution is 2.38. The second-order valence-corrected chi connectivity index (χ2v) is 7.17. The molecular weight excluding hydrogens is 395 g/mol. The fourth-order valence-electron chi connectivity index (χ4n) is 2.89. The van der Waals surface area contributed by atoms with E-state index in [9.17, 15) is 9.90 Å². The summed E-state index contributed by atoms with van der Waals surface area (Å²) in [7, 11) is 0. The van der Waals surface area contributed by atoms with Crippen molar-refractivity contribution in [1.29, 1.82) is 0 Å².